The normalized spacial score (nSPS) is 11.2. The molecule has 96 valence electrons. The minimum atomic E-state index is -0.448. The van der Waals surface area contributed by atoms with E-state index in [1.807, 2.05) is 30.3 Å². The van der Waals surface area contributed by atoms with E-state index in [4.69, 9.17) is 0 Å². The first-order chi connectivity index (χ1) is 9.16. The molecule has 2 aromatic carbocycles. The highest BCUT2D eigenvalue weighted by Crippen LogP contribution is 2.04. The summed E-state index contributed by atoms with van der Waals surface area (Å²) >= 11 is 0. The maximum atomic E-state index is 13.0. The Morgan fingerprint density at radius 2 is 1.74 bits per heavy atom. The lowest BCUT2D eigenvalue weighted by atomic mass is 10.1. The van der Waals surface area contributed by atoms with E-state index in [1.165, 1.54) is 24.3 Å². The second-order valence-electron chi connectivity index (χ2n) is 4.01. The van der Waals surface area contributed by atoms with Gasteiger partial charge in [-0.15, -0.1) is 0 Å². The SMILES string of the molecule is C/C(=N\NC(=O)c1cccc(F)c1)c1ccccc1. The van der Waals surface area contributed by atoms with E-state index in [0.29, 0.717) is 5.71 Å². The number of benzene rings is 2. The molecule has 1 amide bonds. The Morgan fingerprint density at radius 1 is 1.05 bits per heavy atom. The molecule has 0 aromatic heterocycles. The van der Waals surface area contributed by atoms with Crippen molar-refractivity contribution in [2.75, 3.05) is 0 Å². The van der Waals surface area contributed by atoms with Gasteiger partial charge in [0, 0.05) is 5.56 Å². The maximum absolute atomic E-state index is 13.0. The molecule has 0 aliphatic carbocycles. The van der Waals surface area contributed by atoms with Gasteiger partial charge in [-0.2, -0.15) is 5.10 Å². The number of amides is 1. The van der Waals surface area contributed by atoms with E-state index in [9.17, 15) is 9.18 Å². The van der Waals surface area contributed by atoms with Gasteiger partial charge in [-0.05, 0) is 30.7 Å². The quantitative estimate of drug-likeness (QED) is 0.665. The topological polar surface area (TPSA) is 41.5 Å². The number of hydrogen-bond acceptors (Lipinski definition) is 2. The second kappa shape index (κ2) is 5.91. The highest BCUT2D eigenvalue weighted by Gasteiger charge is 2.05. The lowest BCUT2D eigenvalue weighted by molar-refractivity contribution is 0.0954. The van der Waals surface area contributed by atoms with Crippen LogP contribution in [0.4, 0.5) is 4.39 Å². The van der Waals surface area contributed by atoms with Crippen molar-refractivity contribution in [1.29, 1.82) is 0 Å². The summed E-state index contributed by atoms with van der Waals surface area (Å²) in [4.78, 5) is 11.7. The number of carbonyl (C=O) groups excluding carboxylic acids is 1. The van der Waals surface area contributed by atoms with Gasteiger partial charge in [0.2, 0.25) is 0 Å². The summed E-state index contributed by atoms with van der Waals surface area (Å²) in [7, 11) is 0. The maximum Gasteiger partial charge on any atom is 0.271 e. The molecule has 0 spiro atoms. The smallest absolute Gasteiger partial charge is 0.267 e. The summed E-state index contributed by atoms with van der Waals surface area (Å²) in [5.41, 5.74) is 4.25. The van der Waals surface area contributed by atoms with E-state index in [2.05, 4.69) is 10.5 Å². The van der Waals surface area contributed by atoms with Crippen molar-refractivity contribution in [1.82, 2.24) is 5.43 Å². The number of hydrazone groups is 1. The third-order valence-electron chi connectivity index (χ3n) is 2.60. The zero-order chi connectivity index (χ0) is 13.7. The van der Waals surface area contributed by atoms with Crippen LogP contribution in [0.15, 0.2) is 59.7 Å². The van der Waals surface area contributed by atoms with Gasteiger partial charge in [-0.25, -0.2) is 9.82 Å². The first kappa shape index (κ1) is 13.0. The standard InChI is InChI=1S/C15H13FN2O/c1-11(12-6-3-2-4-7-12)17-18-15(19)13-8-5-9-14(16)10-13/h2-10H,1H3,(H,18,19)/b17-11+. The van der Waals surface area contributed by atoms with E-state index in [-0.39, 0.29) is 5.56 Å². The van der Waals surface area contributed by atoms with Crippen molar-refractivity contribution in [2.24, 2.45) is 5.10 Å². The van der Waals surface area contributed by atoms with Crippen LogP contribution in [0.25, 0.3) is 0 Å². The van der Waals surface area contributed by atoms with Crippen LogP contribution in [0.3, 0.4) is 0 Å². The van der Waals surface area contributed by atoms with Crippen molar-refractivity contribution >= 4 is 11.6 Å². The van der Waals surface area contributed by atoms with Gasteiger partial charge in [-0.3, -0.25) is 4.79 Å². The predicted octanol–water partition coefficient (Wildman–Crippen LogP) is 2.98. The molecule has 0 aliphatic heterocycles. The zero-order valence-electron chi connectivity index (χ0n) is 10.4. The Kier molecular flexibility index (Phi) is 4.03. The molecule has 2 aromatic rings. The molecule has 1 N–H and O–H groups in total. The lowest BCUT2D eigenvalue weighted by Crippen LogP contribution is -2.19. The van der Waals surface area contributed by atoms with Crippen LogP contribution in [0.5, 0.6) is 0 Å². The Labute approximate surface area is 110 Å². The van der Waals surface area contributed by atoms with Crippen LogP contribution in [0, 0.1) is 5.82 Å². The Hall–Kier alpha value is -2.49. The first-order valence-electron chi connectivity index (χ1n) is 5.82. The van der Waals surface area contributed by atoms with Crippen LogP contribution < -0.4 is 5.43 Å². The fraction of sp³-hybridized carbons (Fsp3) is 0.0667. The van der Waals surface area contributed by atoms with Crippen LogP contribution in [0.2, 0.25) is 0 Å². The summed E-state index contributed by atoms with van der Waals surface area (Å²) in [6, 6.07) is 15.0. The summed E-state index contributed by atoms with van der Waals surface area (Å²) < 4.78 is 13.0. The third kappa shape index (κ3) is 3.48. The second-order valence-corrected chi connectivity index (χ2v) is 4.01. The first-order valence-corrected chi connectivity index (χ1v) is 5.82. The van der Waals surface area contributed by atoms with Crippen LogP contribution >= 0.6 is 0 Å². The number of carbonyl (C=O) groups is 1. The molecule has 0 saturated carbocycles. The number of rotatable bonds is 3. The van der Waals surface area contributed by atoms with E-state index in [0.717, 1.165) is 5.56 Å². The fourth-order valence-corrected chi connectivity index (χ4v) is 1.57. The molecule has 0 heterocycles. The Morgan fingerprint density at radius 3 is 2.42 bits per heavy atom. The number of nitrogens with zero attached hydrogens (tertiary/aromatic N) is 1. The third-order valence-corrected chi connectivity index (χ3v) is 2.60. The number of halogens is 1. The van der Waals surface area contributed by atoms with E-state index in [1.54, 1.807) is 6.92 Å². The molecule has 0 unspecified atom stereocenters. The predicted molar refractivity (Wildman–Crippen MR) is 72.5 cm³/mol. The minimum Gasteiger partial charge on any atom is -0.267 e. The highest BCUT2D eigenvalue weighted by atomic mass is 19.1. The summed E-state index contributed by atoms with van der Waals surface area (Å²) in [5, 5.41) is 4.00. The van der Waals surface area contributed by atoms with Crippen molar-refractivity contribution < 1.29 is 9.18 Å². The van der Waals surface area contributed by atoms with Gasteiger partial charge in [0.05, 0.1) is 5.71 Å². The molecule has 0 saturated heterocycles. The van der Waals surface area contributed by atoms with Crippen molar-refractivity contribution in [3.63, 3.8) is 0 Å². The molecule has 3 nitrogen and oxygen atoms in total. The molecular formula is C15H13FN2O. The molecule has 0 atom stereocenters. The average molecular weight is 256 g/mol. The van der Waals surface area contributed by atoms with Crippen LogP contribution in [-0.4, -0.2) is 11.6 Å². The number of nitrogens with one attached hydrogen (secondary N) is 1. The Bertz CT molecular complexity index is 609. The van der Waals surface area contributed by atoms with E-state index < -0.39 is 11.7 Å². The van der Waals surface area contributed by atoms with Gasteiger partial charge in [0.15, 0.2) is 0 Å². The summed E-state index contributed by atoms with van der Waals surface area (Å²) in [6.45, 7) is 1.79. The molecule has 0 fully saturated rings. The molecule has 2 rings (SSSR count). The lowest BCUT2D eigenvalue weighted by Gasteiger charge is -2.03. The monoisotopic (exact) mass is 256 g/mol. The van der Waals surface area contributed by atoms with Gasteiger partial charge >= 0.3 is 0 Å². The zero-order valence-corrected chi connectivity index (χ0v) is 10.4. The molecule has 0 bridgehead atoms. The van der Waals surface area contributed by atoms with Crippen LogP contribution in [-0.2, 0) is 0 Å². The van der Waals surface area contributed by atoms with Gasteiger partial charge in [-0.1, -0.05) is 36.4 Å². The molecule has 19 heavy (non-hydrogen) atoms. The summed E-state index contributed by atoms with van der Waals surface area (Å²) in [5.74, 6) is -0.883. The van der Waals surface area contributed by atoms with E-state index >= 15 is 0 Å². The summed E-state index contributed by atoms with van der Waals surface area (Å²) in [6.07, 6.45) is 0. The van der Waals surface area contributed by atoms with Gasteiger partial charge in [0.1, 0.15) is 5.82 Å². The molecule has 0 radical (unpaired) electrons. The molecule has 0 aliphatic rings. The van der Waals surface area contributed by atoms with Crippen LogP contribution in [0.1, 0.15) is 22.8 Å². The van der Waals surface area contributed by atoms with Crippen molar-refractivity contribution in [3.05, 3.63) is 71.5 Å². The van der Waals surface area contributed by atoms with Crippen molar-refractivity contribution in [2.45, 2.75) is 6.92 Å². The average Bonchev–Trinajstić information content (AvgIpc) is 2.45. The molecular weight excluding hydrogens is 243 g/mol. The number of hydrogen-bond donors (Lipinski definition) is 1. The fourth-order valence-electron chi connectivity index (χ4n) is 1.57. The van der Waals surface area contributed by atoms with Crippen molar-refractivity contribution in [3.8, 4) is 0 Å². The van der Waals surface area contributed by atoms with Gasteiger partial charge in [0.25, 0.3) is 5.91 Å². The highest BCUT2D eigenvalue weighted by molar-refractivity contribution is 6.00. The van der Waals surface area contributed by atoms with Gasteiger partial charge < -0.3 is 0 Å². The largest absolute Gasteiger partial charge is 0.271 e. The molecule has 4 heteroatoms. The minimum absolute atomic E-state index is 0.240. The Balaban J connectivity index is 2.08.